The van der Waals surface area contributed by atoms with E-state index < -0.39 is 0 Å². The second-order valence-electron chi connectivity index (χ2n) is 38.6. The fourth-order valence-corrected chi connectivity index (χ4v) is 24.3. The molecule has 4 atom stereocenters. The van der Waals surface area contributed by atoms with Crippen molar-refractivity contribution in [3.8, 4) is 67.2 Å². The molecule has 636 valence electrons. The molecule has 0 fully saturated rings. The summed E-state index contributed by atoms with van der Waals surface area (Å²) < 4.78 is 26.2. The van der Waals surface area contributed by atoms with Crippen molar-refractivity contribution in [3.05, 3.63) is 459 Å². The number of hydrogen-bond acceptors (Lipinski definition) is 6. The lowest BCUT2D eigenvalue weighted by Crippen LogP contribution is -2.30. The van der Waals surface area contributed by atoms with Gasteiger partial charge in [-0.3, -0.25) is 0 Å². The zero-order chi connectivity index (χ0) is 89.6. The van der Waals surface area contributed by atoms with Crippen LogP contribution in [0.5, 0.6) is 0 Å². The van der Waals surface area contributed by atoms with E-state index in [-0.39, 0.29) is 29.6 Å². The number of aromatic nitrogens is 6. The zero-order valence-corrected chi connectivity index (χ0v) is 77.1. The van der Waals surface area contributed by atoms with Gasteiger partial charge in [-0.05, 0) is 316 Å². The standard InChI is InChI=1S/C42H35N2O.C41H33N2O.C40H31N2O/c1-22-11-13-31-33(17-22)40-30-10-8-7-9-29(30)39(31)34-20-28(19-25(4)36(34)40)27-15-16-44(6)35(21-27)38-24(3)18-23(2)37-32-14-12-26(5)43-42(32)45-41(37)38;1-22-10-13-30-33(18-22)38-28-8-6-7-9-29(28)39(30)34-20-26(12-15-31(34)38)27-16-17-43(5)35(21-27)37-24(3)19-23(2)36-32-14-11-25(4)42-41(32)44-40(36)37;1-22-19-34-32-15-13-23(2)41-40(32)43-39(34)36(24(22)3)35-21-26(17-18-42(35)4)25-14-16-31-33(20-25)38-29-11-7-5-9-27(29)37(31)28-10-6-8-12-30(28)38/h7-21,39-40H,1-6H3;6-21,38-39H,1-5H3;5-21,37-38H,1-4H3/q3*+1. The van der Waals surface area contributed by atoms with Crippen molar-refractivity contribution in [2.45, 2.75) is 119 Å². The highest BCUT2D eigenvalue weighted by Gasteiger charge is 2.46. The molecule has 21 aromatic rings. The van der Waals surface area contributed by atoms with E-state index in [4.69, 9.17) is 28.2 Å². The molecular weight excluding hydrogens is 1610 g/mol. The first-order chi connectivity index (χ1) is 64.1. The number of aryl methyl sites for hydroxylation is 14. The predicted octanol–water partition coefficient (Wildman–Crippen LogP) is 28.1. The van der Waals surface area contributed by atoms with Gasteiger partial charge in [0.1, 0.15) is 21.1 Å². The topological polar surface area (TPSA) is 89.7 Å². The van der Waals surface area contributed by atoms with Crippen molar-refractivity contribution in [2.24, 2.45) is 21.1 Å². The van der Waals surface area contributed by atoms with E-state index in [1.807, 2.05) is 20.8 Å². The average molecular weight is 1710 g/mol. The fraction of sp³-hybridized carbons (Fsp3) is 0.171. The summed E-state index contributed by atoms with van der Waals surface area (Å²) in [6.45, 7) is 25.9. The molecule has 6 bridgehead atoms. The van der Waals surface area contributed by atoms with E-state index in [9.17, 15) is 0 Å². The van der Waals surface area contributed by atoms with Gasteiger partial charge in [-0.1, -0.05) is 187 Å². The Bertz CT molecular complexity index is 8610. The van der Waals surface area contributed by atoms with E-state index >= 15 is 0 Å². The Balaban J connectivity index is 0.000000106. The van der Waals surface area contributed by atoms with Gasteiger partial charge in [0, 0.05) is 121 Å². The molecule has 4 unspecified atom stereocenters. The molecule has 9 aromatic heterocycles. The Morgan fingerprint density at radius 1 is 0.227 bits per heavy atom. The van der Waals surface area contributed by atoms with Crippen LogP contribution < -0.4 is 13.7 Å². The molecule has 9 aliphatic carbocycles. The van der Waals surface area contributed by atoms with Crippen LogP contribution in [0.3, 0.4) is 0 Å². The summed E-state index contributed by atoms with van der Waals surface area (Å²) in [6, 6.07) is 103. The van der Waals surface area contributed by atoms with Crippen LogP contribution in [0, 0.1) is 83.1 Å². The van der Waals surface area contributed by atoms with Crippen molar-refractivity contribution >= 4 is 66.2 Å². The summed E-state index contributed by atoms with van der Waals surface area (Å²) in [5.74, 6) is 1.62. The van der Waals surface area contributed by atoms with Gasteiger partial charge >= 0.3 is 0 Å². The minimum atomic E-state index is 0.250. The Labute approximate surface area is 768 Å². The number of hydrogen-bond donors (Lipinski definition) is 0. The Hall–Kier alpha value is -15.1. The molecule has 9 aliphatic rings. The molecular formula is C123H99N6O3+3. The van der Waals surface area contributed by atoms with Gasteiger partial charge in [-0.2, -0.15) is 0 Å². The van der Waals surface area contributed by atoms with Crippen LogP contribution in [0.1, 0.15) is 203 Å². The van der Waals surface area contributed by atoms with Gasteiger partial charge in [0.2, 0.25) is 34.2 Å². The Morgan fingerprint density at radius 2 is 0.553 bits per heavy atom. The lowest BCUT2D eigenvalue weighted by atomic mass is 9.60. The molecule has 9 nitrogen and oxygen atoms in total. The van der Waals surface area contributed by atoms with Crippen molar-refractivity contribution in [2.75, 3.05) is 0 Å². The van der Waals surface area contributed by atoms with E-state index in [0.717, 1.165) is 99.9 Å². The third-order valence-electron chi connectivity index (χ3n) is 30.4. The molecule has 0 radical (unpaired) electrons. The van der Waals surface area contributed by atoms with Crippen LogP contribution in [0.15, 0.2) is 305 Å². The van der Waals surface area contributed by atoms with Gasteiger partial charge in [0.25, 0.3) is 0 Å². The van der Waals surface area contributed by atoms with Gasteiger partial charge in [-0.15, -0.1) is 0 Å². The molecule has 0 saturated carbocycles. The normalized spacial score (nSPS) is 16.3. The van der Waals surface area contributed by atoms with E-state index in [0.29, 0.717) is 23.1 Å². The van der Waals surface area contributed by atoms with Gasteiger partial charge in [0.15, 0.2) is 35.3 Å². The number of rotatable bonds is 6. The number of furan rings is 3. The lowest BCUT2D eigenvalue weighted by molar-refractivity contribution is -0.660. The molecule has 9 heterocycles. The maximum Gasteiger partial charge on any atom is 0.227 e. The third kappa shape index (κ3) is 11.8. The second-order valence-corrected chi connectivity index (χ2v) is 38.6. The first-order valence-corrected chi connectivity index (χ1v) is 46.5. The van der Waals surface area contributed by atoms with Gasteiger partial charge in [0.05, 0.1) is 16.7 Å². The molecule has 0 amide bonds. The molecule has 12 aromatic carbocycles. The SMILES string of the molecule is Cc1ccc2c(c1)C1c3ccccc3C2c2cc(-c3cc[n+](C)c(-c4c(C)cc(C)c5c4oc4nc(C)ccc45)c3)cc(C)c21.Cc1ccc2c(c1)C1c3ccccc3C2c2cc(-c3cc[n+](C)c(-c4c(C)cc(C)c5c4oc4nc(C)ccc45)c3)ccc21.Cc1ccc2c(n1)oc1c(-c3cc(-c4ccc5c(c4)C4c6ccccc6C5c5ccccc54)cc[n+]3C)c(C)c(C)cc12. The molecule has 30 rings (SSSR count). The van der Waals surface area contributed by atoms with Crippen LogP contribution >= 0.6 is 0 Å². The summed E-state index contributed by atoms with van der Waals surface area (Å²) >= 11 is 0. The first-order valence-electron chi connectivity index (χ1n) is 46.5. The van der Waals surface area contributed by atoms with Crippen molar-refractivity contribution in [1.82, 2.24) is 15.0 Å². The number of benzene rings is 12. The van der Waals surface area contributed by atoms with Crippen LogP contribution in [0.25, 0.3) is 133 Å². The zero-order valence-electron chi connectivity index (χ0n) is 77.1. The average Bonchev–Trinajstić information content (AvgIpc) is 0.880. The van der Waals surface area contributed by atoms with Gasteiger partial charge in [-0.25, -0.2) is 28.7 Å². The number of nitrogens with zero attached hydrogens (tertiary/aromatic N) is 6. The lowest BCUT2D eigenvalue weighted by Gasteiger charge is -2.43. The van der Waals surface area contributed by atoms with Crippen molar-refractivity contribution in [1.29, 1.82) is 0 Å². The molecule has 0 saturated heterocycles. The second kappa shape index (κ2) is 29.5. The van der Waals surface area contributed by atoms with Crippen LogP contribution in [0.2, 0.25) is 0 Å². The highest BCUT2D eigenvalue weighted by Crippen LogP contribution is 2.61. The molecule has 0 N–H and O–H groups in total. The molecule has 132 heavy (non-hydrogen) atoms. The first kappa shape index (κ1) is 79.1. The van der Waals surface area contributed by atoms with E-state index in [1.54, 1.807) is 0 Å². The van der Waals surface area contributed by atoms with Crippen LogP contribution in [-0.4, -0.2) is 15.0 Å². The minimum Gasteiger partial charge on any atom is -0.437 e. The third-order valence-corrected chi connectivity index (χ3v) is 30.4. The molecule has 0 aliphatic heterocycles. The Morgan fingerprint density at radius 3 is 0.985 bits per heavy atom. The monoisotopic (exact) mass is 1710 g/mol. The molecule has 9 heteroatoms. The minimum absolute atomic E-state index is 0.250. The van der Waals surface area contributed by atoms with Gasteiger partial charge < -0.3 is 13.3 Å². The van der Waals surface area contributed by atoms with E-state index in [1.165, 1.54) is 184 Å². The maximum absolute atomic E-state index is 6.56. The summed E-state index contributed by atoms with van der Waals surface area (Å²) in [7, 11) is 6.37. The highest BCUT2D eigenvalue weighted by atomic mass is 16.3. The number of fused-ring (bicyclic) bond motifs is 9. The van der Waals surface area contributed by atoms with Crippen LogP contribution in [-0.2, 0) is 21.1 Å². The summed E-state index contributed by atoms with van der Waals surface area (Å²) in [5, 5.41) is 6.63. The summed E-state index contributed by atoms with van der Waals surface area (Å²) in [6.07, 6.45) is 6.55. The Kier molecular flexibility index (Phi) is 17.7. The maximum atomic E-state index is 6.56. The fourth-order valence-electron chi connectivity index (χ4n) is 24.3. The molecule has 0 spiro atoms. The van der Waals surface area contributed by atoms with Crippen molar-refractivity contribution < 1.29 is 27.0 Å². The van der Waals surface area contributed by atoms with Crippen molar-refractivity contribution in [3.63, 3.8) is 0 Å². The summed E-state index contributed by atoms with van der Waals surface area (Å²) in [4.78, 5) is 14.2. The smallest absolute Gasteiger partial charge is 0.227 e. The number of pyridine rings is 6. The summed E-state index contributed by atoms with van der Waals surface area (Å²) in [5.41, 5.74) is 59.4. The quantitative estimate of drug-likeness (QED) is 0.154. The largest absolute Gasteiger partial charge is 0.437 e. The van der Waals surface area contributed by atoms with E-state index in [2.05, 4.69) is 389 Å². The predicted molar refractivity (Wildman–Crippen MR) is 532 cm³/mol. The highest BCUT2D eigenvalue weighted by molar-refractivity contribution is 6.13. The van der Waals surface area contributed by atoms with Crippen LogP contribution in [0.4, 0.5) is 0 Å².